The highest BCUT2D eigenvalue weighted by Gasteiger charge is 2.17. The number of nitrogens with one attached hydrogen (secondary N) is 1. The maximum absolute atomic E-state index is 12.8. The van der Waals surface area contributed by atoms with E-state index in [1.807, 2.05) is 0 Å². The molecule has 1 atom stereocenters. The Balaban J connectivity index is 2.70. The van der Waals surface area contributed by atoms with Crippen LogP contribution in [0.3, 0.4) is 0 Å². The molecule has 1 heterocycles. The molecule has 0 radical (unpaired) electrons. The fraction of sp³-hybridized carbons (Fsp3) is 0.222. The van der Waals surface area contributed by atoms with E-state index in [-0.39, 0.29) is 10.7 Å². The van der Waals surface area contributed by atoms with Gasteiger partial charge in [0.05, 0.1) is 18.3 Å². The number of carboxylic acids is 1. The standard InChI is InChI=1S/C9H8ClFN2O4/c10-7-5(1-4(11)2-12-7)8(15)13-3-6(14)9(16)17/h1-2,6,14H,3H2,(H,13,15)(H,16,17)/t6-/m0/s1. The van der Waals surface area contributed by atoms with E-state index in [9.17, 15) is 14.0 Å². The van der Waals surface area contributed by atoms with Gasteiger partial charge in [-0.2, -0.15) is 0 Å². The van der Waals surface area contributed by atoms with E-state index in [1.165, 1.54) is 0 Å². The minimum atomic E-state index is -1.74. The van der Waals surface area contributed by atoms with Crippen molar-refractivity contribution >= 4 is 23.5 Å². The highest BCUT2D eigenvalue weighted by Crippen LogP contribution is 2.13. The van der Waals surface area contributed by atoms with Gasteiger partial charge < -0.3 is 15.5 Å². The number of carbonyl (C=O) groups is 2. The number of aliphatic hydroxyl groups is 1. The summed E-state index contributed by atoms with van der Waals surface area (Å²) in [5.41, 5.74) is -0.232. The van der Waals surface area contributed by atoms with Crippen LogP contribution in [-0.4, -0.2) is 39.7 Å². The molecule has 8 heteroatoms. The Kier molecular flexibility index (Phi) is 4.36. The molecule has 92 valence electrons. The van der Waals surface area contributed by atoms with Gasteiger partial charge in [-0.25, -0.2) is 14.2 Å². The van der Waals surface area contributed by atoms with Gasteiger partial charge in [-0.3, -0.25) is 4.79 Å². The average Bonchev–Trinajstić information content (AvgIpc) is 2.28. The molecule has 0 saturated carbocycles. The molecule has 1 rings (SSSR count). The molecular formula is C9H8ClFN2O4. The van der Waals surface area contributed by atoms with Crippen molar-refractivity contribution in [2.45, 2.75) is 6.10 Å². The zero-order chi connectivity index (χ0) is 13.0. The van der Waals surface area contributed by atoms with E-state index in [0.717, 1.165) is 12.3 Å². The lowest BCUT2D eigenvalue weighted by Gasteiger charge is -2.08. The van der Waals surface area contributed by atoms with Crippen molar-refractivity contribution in [1.29, 1.82) is 0 Å². The van der Waals surface area contributed by atoms with Gasteiger partial charge in [-0.1, -0.05) is 11.6 Å². The maximum atomic E-state index is 12.8. The highest BCUT2D eigenvalue weighted by atomic mass is 35.5. The zero-order valence-electron chi connectivity index (χ0n) is 8.35. The number of aliphatic carboxylic acids is 1. The number of halogens is 2. The van der Waals surface area contributed by atoms with Crippen LogP contribution in [0.25, 0.3) is 0 Å². The van der Waals surface area contributed by atoms with Gasteiger partial charge in [-0.05, 0) is 6.07 Å². The molecule has 0 spiro atoms. The Morgan fingerprint density at radius 2 is 2.24 bits per heavy atom. The fourth-order valence-corrected chi connectivity index (χ4v) is 1.14. The lowest BCUT2D eigenvalue weighted by Crippen LogP contribution is -2.36. The Bertz CT molecular complexity index is 455. The first-order valence-electron chi connectivity index (χ1n) is 4.42. The van der Waals surface area contributed by atoms with Gasteiger partial charge in [0.25, 0.3) is 5.91 Å². The molecule has 0 bridgehead atoms. The number of nitrogens with zero attached hydrogens (tertiary/aromatic N) is 1. The summed E-state index contributed by atoms with van der Waals surface area (Å²) in [5.74, 6) is -3.05. The van der Waals surface area contributed by atoms with E-state index in [1.54, 1.807) is 0 Å². The van der Waals surface area contributed by atoms with Gasteiger partial charge in [0.15, 0.2) is 6.10 Å². The molecule has 0 aliphatic heterocycles. The second kappa shape index (κ2) is 5.55. The van der Waals surface area contributed by atoms with Gasteiger partial charge in [0.2, 0.25) is 0 Å². The third-order valence-electron chi connectivity index (χ3n) is 1.79. The second-order valence-corrected chi connectivity index (χ2v) is 3.41. The number of carboxylic acid groups (broad SMARTS) is 1. The number of pyridine rings is 1. The Hall–Kier alpha value is -1.73. The molecule has 1 amide bonds. The van der Waals surface area contributed by atoms with Crippen molar-refractivity contribution in [3.05, 3.63) is 28.8 Å². The normalized spacial score (nSPS) is 11.9. The van der Waals surface area contributed by atoms with Crippen molar-refractivity contribution in [2.24, 2.45) is 0 Å². The van der Waals surface area contributed by atoms with Gasteiger partial charge >= 0.3 is 5.97 Å². The molecule has 0 unspecified atom stereocenters. The molecule has 6 nitrogen and oxygen atoms in total. The van der Waals surface area contributed by atoms with Crippen LogP contribution < -0.4 is 5.32 Å². The molecule has 0 aliphatic carbocycles. The van der Waals surface area contributed by atoms with Crippen LogP contribution in [0.4, 0.5) is 4.39 Å². The van der Waals surface area contributed by atoms with Crippen LogP contribution in [0.15, 0.2) is 12.3 Å². The molecule has 1 aromatic rings. The smallest absolute Gasteiger partial charge is 0.334 e. The first kappa shape index (κ1) is 13.3. The summed E-state index contributed by atoms with van der Waals surface area (Å²) in [4.78, 5) is 25.1. The summed E-state index contributed by atoms with van der Waals surface area (Å²) in [5, 5.41) is 19.1. The van der Waals surface area contributed by atoms with Gasteiger partial charge in [-0.15, -0.1) is 0 Å². The van der Waals surface area contributed by atoms with Crippen molar-refractivity contribution in [2.75, 3.05) is 6.54 Å². The number of amides is 1. The van der Waals surface area contributed by atoms with E-state index in [0.29, 0.717) is 0 Å². The van der Waals surface area contributed by atoms with E-state index >= 15 is 0 Å². The first-order chi connectivity index (χ1) is 7.91. The summed E-state index contributed by atoms with van der Waals surface area (Å²) >= 11 is 5.55. The zero-order valence-corrected chi connectivity index (χ0v) is 9.11. The molecule has 3 N–H and O–H groups in total. The van der Waals surface area contributed by atoms with Crippen LogP contribution >= 0.6 is 11.6 Å². The summed E-state index contributed by atoms with van der Waals surface area (Å²) in [6.07, 6.45) is -0.898. The van der Waals surface area contributed by atoms with E-state index in [4.69, 9.17) is 21.8 Å². The number of carbonyl (C=O) groups excluding carboxylic acids is 1. The quantitative estimate of drug-likeness (QED) is 0.666. The van der Waals surface area contributed by atoms with Crippen LogP contribution in [0.5, 0.6) is 0 Å². The van der Waals surface area contributed by atoms with Crippen LogP contribution in [0.1, 0.15) is 10.4 Å². The topological polar surface area (TPSA) is 99.5 Å². The van der Waals surface area contributed by atoms with E-state index < -0.39 is 30.3 Å². The predicted octanol–water partition coefficient (Wildman–Crippen LogP) is 0.0494. The van der Waals surface area contributed by atoms with Gasteiger partial charge in [0, 0.05) is 0 Å². The van der Waals surface area contributed by atoms with Crippen molar-refractivity contribution < 1.29 is 24.2 Å². The number of rotatable bonds is 4. The predicted molar refractivity (Wildman–Crippen MR) is 55.2 cm³/mol. The molecule has 0 saturated heterocycles. The lowest BCUT2D eigenvalue weighted by molar-refractivity contribution is -0.146. The summed E-state index contributed by atoms with van der Waals surface area (Å²) < 4.78 is 12.8. The third-order valence-corrected chi connectivity index (χ3v) is 2.09. The minimum Gasteiger partial charge on any atom is -0.479 e. The minimum absolute atomic E-state index is 0.214. The van der Waals surface area contributed by atoms with Gasteiger partial charge in [0.1, 0.15) is 11.0 Å². The third kappa shape index (κ3) is 3.65. The highest BCUT2D eigenvalue weighted by molar-refractivity contribution is 6.32. The number of aliphatic hydroxyl groups excluding tert-OH is 1. The lowest BCUT2D eigenvalue weighted by atomic mass is 10.2. The van der Waals surface area contributed by atoms with Crippen LogP contribution in [0, 0.1) is 5.82 Å². The molecule has 0 aromatic carbocycles. The van der Waals surface area contributed by atoms with Crippen molar-refractivity contribution in [3.8, 4) is 0 Å². The SMILES string of the molecule is O=C(NC[C@H](O)C(=O)O)c1cc(F)cnc1Cl. The first-order valence-corrected chi connectivity index (χ1v) is 4.79. The van der Waals surface area contributed by atoms with Crippen molar-refractivity contribution in [3.63, 3.8) is 0 Å². The molecule has 0 aliphatic rings. The number of aromatic nitrogens is 1. The Labute approximate surface area is 100 Å². The maximum Gasteiger partial charge on any atom is 0.334 e. The number of hydrogen-bond acceptors (Lipinski definition) is 4. The summed E-state index contributed by atoms with van der Waals surface area (Å²) in [7, 11) is 0. The van der Waals surface area contributed by atoms with Crippen molar-refractivity contribution in [1.82, 2.24) is 10.3 Å². The summed E-state index contributed by atoms with van der Waals surface area (Å²) in [6.45, 7) is -0.513. The summed E-state index contributed by atoms with van der Waals surface area (Å²) in [6, 6.07) is 0.859. The van der Waals surface area contributed by atoms with Crippen LogP contribution in [-0.2, 0) is 4.79 Å². The number of hydrogen-bond donors (Lipinski definition) is 3. The molecule has 17 heavy (non-hydrogen) atoms. The Morgan fingerprint density at radius 3 is 2.82 bits per heavy atom. The van der Waals surface area contributed by atoms with Crippen LogP contribution in [0.2, 0.25) is 5.15 Å². The molecule has 0 fully saturated rings. The molecule has 1 aromatic heterocycles. The monoisotopic (exact) mass is 262 g/mol. The molecular weight excluding hydrogens is 255 g/mol. The van der Waals surface area contributed by atoms with E-state index in [2.05, 4.69) is 10.3 Å². The average molecular weight is 263 g/mol. The second-order valence-electron chi connectivity index (χ2n) is 3.06. The fourth-order valence-electron chi connectivity index (χ4n) is 0.954. The largest absolute Gasteiger partial charge is 0.479 e. The Morgan fingerprint density at radius 1 is 1.59 bits per heavy atom.